The number of ether oxygens (including phenoxy) is 1. The Labute approximate surface area is 109 Å². The second kappa shape index (κ2) is 5.50. The fourth-order valence-electron chi connectivity index (χ4n) is 1.32. The highest BCUT2D eigenvalue weighted by Crippen LogP contribution is 2.22. The Hall–Kier alpha value is -2.08. The van der Waals surface area contributed by atoms with E-state index in [1.54, 1.807) is 19.2 Å². The molecular formula is C12H13N3O2S. The molecule has 1 heterocycles. The number of phenolic OH excluding ortho intramolecular Hbond substituents is 1. The third-order valence-electron chi connectivity index (χ3n) is 2.22. The summed E-state index contributed by atoms with van der Waals surface area (Å²) >= 11 is 1.48. The zero-order valence-electron chi connectivity index (χ0n) is 10.0. The molecule has 18 heavy (non-hydrogen) atoms. The molecule has 2 N–H and O–H groups in total. The molecule has 0 spiro atoms. The molecule has 2 rings (SSSR count). The van der Waals surface area contributed by atoms with Gasteiger partial charge in [0.2, 0.25) is 5.13 Å². The number of nitrogens with zero attached hydrogens (tertiary/aromatic N) is 2. The predicted octanol–water partition coefficient (Wildman–Crippen LogP) is 2.61. The SMILES string of the molecule is COc1ccc(C=NNc2nc(C)cs2)c(O)c1. The van der Waals surface area contributed by atoms with Crippen molar-refractivity contribution in [3.8, 4) is 11.5 Å². The van der Waals surface area contributed by atoms with Crippen LogP contribution in [0.5, 0.6) is 11.5 Å². The van der Waals surface area contributed by atoms with Crippen molar-refractivity contribution in [3.63, 3.8) is 0 Å². The van der Waals surface area contributed by atoms with E-state index in [1.807, 2.05) is 12.3 Å². The molecule has 0 amide bonds. The van der Waals surface area contributed by atoms with Gasteiger partial charge in [-0.3, -0.25) is 5.43 Å². The summed E-state index contributed by atoms with van der Waals surface area (Å²) in [6.07, 6.45) is 1.53. The van der Waals surface area contributed by atoms with Crippen LogP contribution in [0.3, 0.4) is 0 Å². The third kappa shape index (κ3) is 2.98. The Bertz CT molecular complexity index is 566. The molecule has 0 aliphatic carbocycles. The van der Waals surface area contributed by atoms with Crippen LogP contribution in [0.1, 0.15) is 11.3 Å². The average Bonchev–Trinajstić information content (AvgIpc) is 2.77. The van der Waals surface area contributed by atoms with Gasteiger partial charge < -0.3 is 9.84 Å². The number of aromatic nitrogens is 1. The first-order valence-electron chi connectivity index (χ1n) is 5.27. The smallest absolute Gasteiger partial charge is 0.203 e. The third-order valence-corrected chi connectivity index (χ3v) is 3.09. The summed E-state index contributed by atoms with van der Waals surface area (Å²) in [5, 5.41) is 16.4. The standard InChI is InChI=1S/C12H13N3O2S/c1-8-7-18-12(14-8)15-13-6-9-3-4-10(17-2)5-11(9)16/h3-7,16H,1-2H3,(H,14,15). The number of benzene rings is 1. The zero-order chi connectivity index (χ0) is 13.0. The Morgan fingerprint density at radius 1 is 1.50 bits per heavy atom. The molecule has 1 aromatic carbocycles. The van der Waals surface area contributed by atoms with E-state index in [9.17, 15) is 5.11 Å². The Balaban J connectivity index is 2.05. The molecule has 0 atom stereocenters. The average molecular weight is 263 g/mol. The van der Waals surface area contributed by atoms with Crippen LogP contribution in [-0.4, -0.2) is 23.4 Å². The molecule has 1 aromatic heterocycles. The first-order chi connectivity index (χ1) is 8.69. The fraction of sp³-hybridized carbons (Fsp3) is 0.167. The highest BCUT2D eigenvalue weighted by Gasteiger charge is 2.00. The predicted molar refractivity (Wildman–Crippen MR) is 72.7 cm³/mol. The molecule has 94 valence electrons. The van der Waals surface area contributed by atoms with E-state index in [4.69, 9.17) is 4.74 Å². The fourth-order valence-corrected chi connectivity index (χ4v) is 1.96. The van der Waals surface area contributed by atoms with Crippen molar-refractivity contribution in [1.29, 1.82) is 0 Å². The lowest BCUT2D eigenvalue weighted by Gasteiger charge is -2.02. The van der Waals surface area contributed by atoms with Crippen LogP contribution >= 0.6 is 11.3 Å². The highest BCUT2D eigenvalue weighted by atomic mass is 32.1. The molecular weight excluding hydrogens is 250 g/mol. The van der Waals surface area contributed by atoms with E-state index >= 15 is 0 Å². The van der Waals surface area contributed by atoms with Gasteiger partial charge in [0.1, 0.15) is 11.5 Å². The van der Waals surface area contributed by atoms with E-state index in [0.29, 0.717) is 11.3 Å². The van der Waals surface area contributed by atoms with Crippen LogP contribution in [0.4, 0.5) is 5.13 Å². The number of hydrogen-bond donors (Lipinski definition) is 2. The molecule has 0 saturated heterocycles. The maximum absolute atomic E-state index is 9.71. The van der Waals surface area contributed by atoms with Gasteiger partial charge in [-0.1, -0.05) is 0 Å². The number of phenols is 1. The molecule has 0 saturated carbocycles. The van der Waals surface area contributed by atoms with Gasteiger partial charge in [0.15, 0.2) is 0 Å². The monoisotopic (exact) mass is 263 g/mol. The second-order valence-corrected chi connectivity index (χ2v) is 4.45. The summed E-state index contributed by atoms with van der Waals surface area (Å²) in [5.41, 5.74) is 4.36. The van der Waals surface area contributed by atoms with Gasteiger partial charge in [-0.25, -0.2) is 4.98 Å². The normalized spacial score (nSPS) is 10.8. The maximum Gasteiger partial charge on any atom is 0.203 e. The van der Waals surface area contributed by atoms with Crippen LogP contribution in [0.25, 0.3) is 0 Å². The number of aryl methyl sites for hydroxylation is 1. The first kappa shape index (κ1) is 12.4. The minimum atomic E-state index is 0.121. The van der Waals surface area contributed by atoms with Crippen molar-refractivity contribution in [3.05, 3.63) is 34.8 Å². The lowest BCUT2D eigenvalue weighted by molar-refractivity contribution is 0.407. The van der Waals surface area contributed by atoms with Gasteiger partial charge in [-0.2, -0.15) is 5.10 Å². The lowest BCUT2D eigenvalue weighted by atomic mass is 10.2. The Morgan fingerprint density at radius 3 is 2.94 bits per heavy atom. The van der Waals surface area contributed by atoms with E-state index in [0.717, 1.165) is 10.8 Å². The van der Waals surface area contributed by atoms with E-state index in [1.165, 1.54) is 23.6 Å². The van der Waals surface area contributed by atoms with E-state index < -0.39 is 0 Å². The van der Waals surface area contributed by atoms with Crippen molar-refractivity contribution < 1.29 is 9.84 Å². The highest BCUT2D eigenvalue weighted by molar-refractivity contribution is 7.13. The number of methoxy groups -OCH3 is 1. The van der Waals surface area contributed by atoms with Crippen molar-refractivity contribution in [1.82, 2.24) is 4.98 Å². The first-order valence-corrected chi connectivity index (χ1v) is 6.15. The number of rotatable bonds is 4. The van der Waals surface area contributed by atoms with Gasteiger partial charge in [0.05, 0.1) is 19.0 Å². The van der Waals surface area contributed by atoms with Crippen LogP contribution in [0.15, 0.2) is 28.7 Å². The molecule has 0 unspecified atom stereocenters. The number of thiazole rings is 1. The van der Waals surface area contributed by atoms with Gasteiger partial charge in [-0.05, 0) is 19.1 Å². The summed E-state index contributed by atoms with van der Waals surface area (Å²) < 4.78 is 5.00. The quantitative estimate of drug-likeness (QED) is 0.657. The molecule has 0 fully saturated rings. The van der Waals surface area contributed by atoms with E-state index in [-0.39, 0.29) is 5.75 Å². The minimum Gasteiger partial charge on any atom is -0.507 e. The van der Waals surface area contributed by atoms with Crippen LogP contribution < -0.4 is 10.2 Å². The van der Waals surface area contributed by atoms with Crippen LogP contribution in [0.2, 0.25) is 0 Å². The molecule has 5 nitrogen and oxygen atoms in total. The number of aromatic hydroxyl groups is 1. The summed E-state index contributed by atoms with van der Waals surface area (Å²) in [6.45, 7) is 1.92. The summed E-state index contributed by atoms with van der Waals surface area (Å²) in [6, 6.07) is 5.02. The van der Waals surface area contributed by atoms with Crippen molar-refractivity contribution >= 4 is 22.7 Å². The molecule has 2 aromatic rings. The second-order valence-electron chi connectivity index (χ2n) is 3.59. The maximum atomic E-state index is 9.71. The van der Waals surface area contributed by atoms with Gasteiger partial charge in [-0.15, -0.1) is 11.3 Å². The molecule has 0 aliphatic heterocycles. The lowest BCUT2D eigenvalue weighted by Crippen LogP contribution is -1.91. The number of hydrogen-bond acceptors (Lipinski definition) is 6. The number of nitrogens with one attached hydrogen (secondary N) is 1. The molecule has 0 bridgehead atoms. The molecule has 6 heteroatoms. The van der Waals surface area contributed by atoms with Gasteiger partial charge >= 0.3 is 0 Å². The summed E-state index contributed by atoms with van der Waals surface area (Å²) in [4.78, 5) is 4.20. The van der Waals surface area contributed by atoms with E-state index in [2.05, 4.69) is 15.5 Å². The zero-order valence-corrected chi connectivity index (χ0v) is 10.9. The van der Waals surface area contributed by atoms with Crippen molar-refractivity contribution in [2.45, 2.75) is 6.92 Å². The topological polar surface area (TPSA) is 66.7 Å². The van der Waals surface area contributed by atoms with Gasteiger partial charge in [0.25, 0.3) is 0 Å². The number of hydrazone groups is 1. The van der Waals surface area contributed by atoms with Gasteiger partial charge in [0, 0.05) is 17.0 Å². The Morgan fingerprint density at radius 2 is 2.33 bits per heavy atom. The van der Waals surface area contributed by atoms with Crippen molar-refractivity contribution in [2.24, 2.45) is 5.10 Å². The molecule has 0 aliphatic rings. The van der Waals surface area contributed by atoms with Crippen LogP contribution in [0, 0.1) is 6.92 Å². The van der Waals surface area contributed by atoms with Crippen LogP contribution in [-0.2, 0) is 0 Å². The summed E-state index contributed by atoms with van der Waals surface area (Å²) in [7, 11) is 1.55. The summed E-state index contributed by atoms with van der Waals surface area (Å²) in [5.74, 6) is 0.725. The minimum absolute atomic E-state index is 0.121. The van der Waals surface area contributed by atoms with Crippen molar-refractivity contribution in [2.75, 3.05) is 12.5 Å². The largest absolute Gasteiger partial charge is 0.507 e. The Kier molecular flexibility index (Phi) is 3.78. The molecule has 0 radical (unpaired) electrons. The number of anilines is 1.